The molecule has 0 aliphatic carbocycles. The maximum Gasteiger partial charge on any atom is 0.573 e. The number of nitrogens with zero attached hydrogens (tertiary/aromatic N) is 2. The molecule has 6 nitrogen and oxygen atoms in total. The maximum atomic E-state index is 12.7. The Kier molecular flexibility index (Phi) is 5.09. The van der Waals surface area contributed by atoms with Crippen LogP contribution in [0.3, 0.4) is 0 Å². The second kappa shape index (κ2) is 6.60. The quantitative estimate of drug-likeness (QED) is 0.815. The highest BCUT2D eigenvalue weighted by atomic mass is 32.2. The van der Waals surface area contributed by atoms with Gasteiger partial charge in [-0.2, -0.15) is 4.31 Å². The van der Waals surface area contributed by atoms with Crippen LogP contribution in [0.5, 0.6) is 5.75 Å². The highest BCUT2D eigenvalue weighted by molar-refractivity contribution is 7.89. The van der Waals surface area contributed by atoms with Crippen molar-refractivity contribution in [1.82, 2.24) is 9.21 Å². The van der Waals surface area contributed by atoms with Crippen LogP contribution in [0.1, 0.15) is 12.8 Å². The number of likely N-dealkylation sites (N-methyl/N-ethyl adjacent to an activating group) is 1. The molecule has 24 heavy (non-hydrogen) atoms. The molecule has 1 amide bonds. The number of alkyl halides is 3. The van der Waals surface area contributed by atoms with Crippen molar-refractivity contribution in [3.63, 3.8) is 0 Å². The average Bonchev–Trinajstić information content (AvgIpc) is 2.94. The number of carbonyl (C=O) groups excluding carboxylic acids is 1. The van der Waals surface area contributed by atoms with Crippen LogP contribution in [0.4, 0.5) is 13.2 Å². The molecule has 134 valence electrons. The van der Waals surface area contributed by atoms with Crippen LogP contribution in [0, 0.1) is 0 Å². The molecular formula is C14H17F3N2O4S. The lowest BCUT2D eigenvalue weighted by Gasteiger charge is -2.25. The van der Waals surface area contributed by atoms with Gasteiger partial charge in [-0.3, -0.25) is 4.79 Å². The van der Waals surface area contributed by atoms with Crippen molar-refractivity contribution in [1.29, 1.82) is 0 Å². The molecule has 1 aromatic carbocycles. The van der Waals surface area contributed by atoms with Gasteiger partial charge in [-0.1, -0.05) is 6.07 Å². The zero-order valence-electron chi connectivity index (χ0n) is 13.1. The van der Waals surface area contributed by atoms with E-state index in [1.54, 1.807) is 0 Å². The number of ether oxygens (including phenoxy) is 1. The molecule has 1 atom stereocenters. The molecule has 1 aliphatic rings. The van der Waals surface area contributed by atoms with Crippen LogP contribution in [0.2, 0.25) is 0 Å². The fourth-order valence-corrected chi connectivity index (χ4v) is 4.23. The molecule has 1 aliphatic heterocycles. The van der Waals surface area contributed by atoms with E-state index in [-0.39, 0.29) is 17.3 Å². The van der Waals surface area contributed by atoms with Gasteiger partial charge >= 0.3 is 6.36 Å². The molecule has 10 heteroatoms. The van der Waals surface area contributed by atoms with Crippen LogP contribution in [-0.4, -0.2) is 56.6 Å². The fourth-order valence-electron chi connectivity index (χ4n) is 2.54. The molecule has 1 aromatic rings. The number of hydrogen-bond donors (Lipinski definition) is 0. The summed E-state index contributed by atoms with van der Waals surface area (Å²) in [6, 6.07) is 3.30. The van der Waals surface area contributed by atoms with Crippen molar-refractivity contribution in [2.45, 2.75) is 30.1 Å². The van der Waals surface area contributed by atoms with Gasteiger partial charge in [0.15, 0.2) is 0 Å². The highest BCUT2D eigenvalue weighted by Crippen LogP contribution is 2.30. The smallest absolute Gasteiger partial charge is 0.406 e. The van der Waals surface area contributed by atoms with Gasteiger partial charge in [0, 0.05) is 26.7 Å². The van der Waals surface area contributed by atoms with Gasteiger partial charge in [-0.05, 0) is 25.0 Å². The molecule has 0 saturated carbocycles. The number of benzene rings is 1. The van der Waals surface area contributed by atoms with Crippen molar-refractivity contribution < 1.29 is 31.1 Å². The van der Waals surface area contributed by atoms with Crippen molar-refractivity contribution in [2.75, 3.05) is 20.6 Å². The zero-order chi connectivity index (χ0) is 18.1. The Hall–Kier alpha value is -1.81. The summed E-state index contributed by atoms with van der Waals surface area (Å²) >= 11 is 0. The number of sulfonamides is 1. The zero-order valence-corrected chi connectivity index (χ0v) is 13.9. The van der Waals surface area contributed by atoms with Gasteiger partial charge in [0.05, 0.1) is 4.90 Å². The molecule has 0 bridgehead atoms. The van der Waals surface area contributed by atoms with Gasteiger partial charge < -0.3 is 9.64 Å². The Bertz CT molecular complexity index is 719. The second-order valence-electron chi connectivity index (χ2n) is 5.53. The standard InChI is InChI=1S/C14H17F3N2O4S/c1-18(2)13(20)12-7-4-8-19(12)24(21,22)11-6-3-5-10(9-11)23-14(15,16)17/h3,5-6,9,12H,4,7-8H2,1-2H3. The minimum absolute atomic E-state index is 0.136. The molecule has 2 rings (SSSR count). The van der Waals surface area contributed by atoms with E-state index >= 15 is 0 Å². The summed E-state index contributed by atoms with van der Waals surface area (Å²) in [4.78, 5) is 13.1. The van der Waals surface area contributed by atoms with Gasteiger partial charge in [0.25, 0.3) is 0 Å². The van der Waals surface area contributed by atoms with Crippen LogP contribution in [-0.2, 0) is 14.8 Å². The minimum Gasteiger partial charge on any atom is -0.406 e. The predicted molar refractivity (Wildman–Crippen MR) is 78.7 cm³/mol. The first-order valence-corrected chi connectivity index (χ1v) is 8.55. The topological polar surface area (TPSA) is 66.9 Å². The number of halogens is 3. The van der Waals surface area contributed by atoms with E-state index in [2.05, 4.69) is 4.74 Å². The van der Waals surface area contributed by atoms with Crippen molar-refractivity contribution in [3.05, 3.63) is 24.3 Å². The Labute approximate surface area is 137 Å². The highest BCUT2D eigenvalue weighted by Gasteiger charge is 2.40. The molecule has 0 aromatic heterocycles. The molecule has 1 unspecified atom stereocenters. The summed E-state index contributed by atoms with van der Waals surface area (Å²) in [5.74, 6) is -0.989. The third-order valence-corrected chi connectivity index (χ3v) is 5.48. The molecule has 1 fully saturated rings. The van der Waals surface area contributed by atoms with E-state index < -0.39 is 28.2 Å². The molecular weight excluding hydrogens is 349 g/mol. The lowest BCUT2D eigenvalue weighted by atomic mass is 10.2. The van der Waals surface area contributed by atoms with Crippen molar-refractivity contribution in [2.24, 2.45) is 0 Å². The van der Waals surface area contributed by atoms with Crippen molar-refractivity contribution >= 4 is 15.9 Å². The van der Waals surface area contributed by atoms with E-state index in [1.165, 1.54) is 25.1 Å². The number of amides is 1. The first-order chi connectivity index (χ1) is 11.0. The Morgan fingerprint density at radius 1 is 1.33 bits per heavy atom. The number of hydrogen-bond acceptors (Lipinski definition) is 4. The maximum absolute atomic E-state index is 12.7. The summed E-state index contributed by atoms with van der Waals surface area (Å²) in [5, 5.41) is 0. The summed E-state index contributed by atoms with van der Waals surface area (Å²) < 4.78 is 67.1. The third-order valence-electron chi connectivity index (χ3n) is 3.58. The summed E-state index contributed by atoms with van der Waals surface area (Å²) in [7, 11) is -1.07. The summed E-state index contributed by atoms with van der Waals surface area (Å²) in [5.41, 5.74) is 0. The second-order valence-corrected chi connectivity index (χ2v) is 7.42. The van der Waals surface area contributed by atoms with Gasteiger partial charge in [0.2, 0.25) is 15.9 Å². The summed E-state index contributed by atoms with van der Waals surface area (Å²) in [6.45, 7) is 0.136. The third kappa shape index (κ3) is 3.99. The molecule has 1 saturated heterocycles. The number of rotatable bonds is 4. The monoisotopic (exact) mass is 366 g/mol. The van der Waals surface area contributed by atoms with Gasteiger partial charge in [0.1, 0.15) is 11.8 Å². The Morgan fingerprint density at radius 3 is 2.58 bits per heavy atom. The first-order valence-electron chi connectivity index (χ1n) is 7.11. The predicted octanol–water partition coefficient (Wildman–Crippen LogP) is 1.83. The molecule has 1 heterocycles. The first kappa shape index (κ1) is 18.5. The molecule has 0 spiro atoms. The summed E-state index contributed by atoms with van der Waals surface area (Å²) in [6.07, 6.45) is -4.04. The largest absolute Gasteiger partial charge is 0.573 e. The van der Waals surface area contributed by atoms with Crippen molar-refractivity contribution in [3.8, 4) is 5.75 Å². The lowest BCUT2D eigenvalue weighted by molar-refractivity contribution is -0.274. The van der Waals surface area contributed by atoms with Crippen LogP contribution in [0.25, 0.3) is 0 Å². The SMILES string of the molecule is CN(C)C(=O)C1CCCN1S(=O)(=O)c1cccc(OC(F)(F)F)c1. The Morgan fingerprint density at radius 2 is 2.00 bits per heavy atom. The van der Waals surface area contributed by atoms with E-state index in [4.69, 9.17) is 0 Å². The molecule has 0 radical (unpaired) electrons. The van der Waals surface area contributed by atoms with E-state index in [1.807, 2.05) is 0 Å². The van der Waals surface area contributed by atoms with Crippen LogP contribution in [0.15, 0.2) is 29.2 Å². The average molecular weight is 366 g/mol. The molecule has 0 N–H and O–H groups in total. The van der Waals surface area contributed by atoms with Gasteiger partial charge in [-0.15, -0.1) is 13.2 Å². The van der Waals surface area contributed by atoms with E-state index in [0.29, 0.717) is 12.8 Å². The van der Waals surface area contributed by atoms with Crippen LogP contribution >= 0.6 is 0 Å². The minimum atomic E-state index is -4.92. The lowest BCUT2D eigenvalue weighted by Crippen LogP contribution is -2.45. The van der Waals surface area contributed by atoms with E-state index in [0.717, 1.165) is 22.5 Å². The van der Waals surface area contributed by atoms with Gasteiger partial charge in [-0.25, -0.2) is 8.42 Å². The fraction of sp³-hybridized carbons (Fsp3) is 0.500. The van der Waals surface area contributed by atoms with Crippen LogP contribution < -0.4 is 4.74 Å². The number of carbonyl (C=O) groups is 1. The normalized spacial score (nSPS) is 19.3. The van der Waals surface area contributed by atoms with E-state index in [9.17, 15) is 26.4 Å². The Balaban J connectivity index is 2.33.